The van der Waals surface area contributed by atoms with E-state index in [2.05, 4.69) is 34.5 Å². The molecule has 7 nitrogen and oxygen atoms in total. The monoisotopic (exact) mass is 492 g/mol. The summed E-state index contributed by atoms with van der Waals surface area (Å²) < 4.78 is 41.3. The molecule has 0 aliphatic carbocycles. The Bertz CT molecular complexity index is 1320. The summed E-state index contributed by atoms with van der Waals surface area (Å²) >= 11 is 0. The minimum Gasteiger partial charge on any atom is -0.406 e. The average molecular weight is 493 g/mol. The number of hydrogen-bond acceptors (Lipinski definition) is 7. The molecule has 1 aliphatic rings. The maximum Gasteiger partial charge on any atom is 0.573 e. The zero-order valence-electron chi connectivity index (χ0n) is 19.5. The van der Waals surface area contributed by atoms with Gasteiger partial charge in [0.2, 0.25) is 0 Å². The van der Waals surface area contributed by atoms with Gasteiger partial charge in [0, 0.05) is 62.0 Å². The summed E-state index contributed by atoms with van der Waals surface area (Å²) in [6, 6.07) is 15.5. The minimum absolute atomic E-state index is 0.269. The number of pyridine rings is 2. The molecule has 0 radical (unpaired) electrons. The number of nitrogens with zero attached hydrogens (tertiary/aromatic N) is 6. The Labute approximate surface area is 206 Å². The number of halogens is 3. The van der Waals surface area contributed by atoms with Crippen LogP contribution in [-0.4, -0.2) is 52.5 Å². The molecule has 36 heavy (non-hydrogen) atoms. The van der Waals surface area contributed by atoms with Crippen LogP contribution < -0.4 is 14.5 Å². The van der Waals surface area contributed by atoms with Crippen molar-refractivity contribution < 1.29 is 17.9 Å². The van der Waals surface area contributed by atoms with Gasteiger partial charge in [0.25, 0.3) is 0 Å². The molecule has 184 valence electrons. The predicted octanol–water partition coefficient (Wildman–Crippen LogP) is 5.13. The van der Waals surface area contributed by atoms with Gasteiger partial charge < -0.3 is 14.5 Å². The lowest BCUT2D eigenvalue weighted by molar-refractivity contribution is -0.274. The number of rotatable bonds is 5. The zero-order chi connectivity index (χ0) is 25.1. The first-order valence-corrected chi connectivity index (χ1v) is 11.4. The lowest BCUT2D eigenvalue weighted by Crippen LogP contribution is -2.47. The van der Waals surface area contributed by atoms with E-state index in [0.717, 1.165) is 60.2 Å². The van der Waals surface area contributed by atoms with E-state index in [1.54, 1.807) is 30.7 Å². The molecule has 1 saturated heterocycles. The minimum atomic E-state index is -4.73. The Morgan fingerprint density at radius 2 is 1.47 bits per heavy atom. The summed E-state index contributed by atoms with van der Waals surface area (Å²) in [6.07, 6.45) is 0.454. The quantitative estimate of drug-likeness (QED) is 0.382. The van der Waals surface area contributed by atoms with Crippen LogP contribution in [0.15, 0.2) is 73.2 Å². The van der Waals surface area contributed by atoms with Crippen LogP contribution in [0.2, 0.25) is 0 Å². The predicted molar refractivity (Wildman–Crippen MR) is 131 cm³/mol. The van der Waals surface area contributed by atoms with Gasteiger partial charge in [-0.2, -0.15) is 0 Å². The molecule has 0 atom stereocenters. The molecule has 1 fully saturated rings. The first-order valence-electron chi connectivity index (χ1n) is 11.4. The van der Waals surface area contributed by atoms with Crippen LogP contribution in [0.1, 0.15) is 5.82 Å². The molecule has 0 spiro atoms. The highest BCUT2D eigenvalue weighted by atomic mass is 19.4. The van der Waals surface area contributed by atoms with Crippen molar-refractivity contribution in [2.24, 2.45) is 0 Å². The summed E-state index contributed by atoms with van der Waals surface area (Å²) in [5, 5.41) is 0. The summed E-state index contributed by atoms with van der Waals surface area (Å²) in [4.78, 5) is 22.5. The number of aromatic nitrogens is 4. The number of piperazine rings is 1. The van der Waals surface area contributed by atoms with E-state index in [9.17, 15) is 13.2 Å². The number of hydrogen-bond donors (Lipinski definition) is 0. The SMILES string of the molecule is Cc1nc(-c2cncc(-c3ccc(OC(F)(F)F)cc3)c2)cc(N2CCN(c3ccccn3)CC2)n1. The topological polar surface area (TPSA) is 67.3 Å². The van der Waals surface area contributed by atoms with Crippen molar-refractivity contribution in [2.45, 2.75) is 13.3 Å². The van der Waals surface area contributed by atoms with E-state index in [1.165, 1.54) is 12.1 Å². The van der Waals surface area contributed by atoms with Crippen LogP contribution >= 0.6 is 0 Å². The fourth-order valence-electron chi connectivity index (χ4n) is 4.15. The first-order chi connectivity index (χ1) is 17.3. The molecule has 1 aliphatic heterocycles. The fraction of sp³-hybridized carbons (Fsp3) is 0.231. The highest BCUT2D eigenvalue weighted by Gasteiger charge is 2.31. The molecule has 0 bridgehead atoms. The molecule has 0 amide bonds. The fourth-order valence-corrected chi connectivity index (χ4v) is 4.15. The van der Waals surface area contributed by atoms with Crippen LogP contribution in [-0.2, 0) is 0 Å². The Balaban J connectivity index is 1.34. The smallest absolute Gasteiger partial charge is 0.406 e. The molecule has 4 heterocycles. The number of alkyl halides is 3. The second-order valence-electron chi connectivity index (χ2n) is 8.36. The summed E-state index contributed by atoms with van der Waals surface area (Å²) in [7, 11) is 0. The molecule has 3 aromatic heterocycles. The second kappa shape index (κ2) is 9.80. The Hall–Kier alpha value is -4.21. The third-order valence-corrected chi connectivity index (χ3v) is 5.86. The number of benzene rings is 1. The van der Waals surface area contributed by atoms with Crippen molar-refractivity contribution in [3.05, 3.63) is 79.0 Å². The Kier molecular flexibility index (Phi) is 6.41. The zero-order valence-corrected chi connectivity index (χ0v) is 19.5. The summed E-state index contributed by atoms with van der Waals surface area (Å²) in [5.74, 6) is 2.19. The van der Waals surface area contributed by atoms with Gasteiger partial charge in [0.1, 0.15) is 23.2 Å². The first kappa shape index (κ1) is 23.5. The Morgan fingerprint density at radius 3 is 2.14 bits per heavy atom. The lowest BCUT2D eigenvalue weighted by Gasteiger charge is -2.36. The van der Waals surface area contributed by atoms with Gasteiger partial charge in [-0.25, -0.2) is 15.0 Å². The average Bonchev–Trinajstić information content (AvgIpc) is 2.88. The van der Waals surface area contributed by atoms with Gasteiger partial charge in [0.15, 0.2) is 0 Å². The van der Waals surface area contributed by atoms with Crippen molar-refractivity contribution in [1.82, 2.24) is 19.9 Å². The van der Waals surface area contributed by atoms with Gasteiger partial charge in [-0.1, -0.05) is 18.2 Å². The Morgan fingerprint density at radius 1 is 0.778 bits per heavy atom. The summed E-state index contributed by atoms with van der Waals surface area (Å²) in [6.45, 7) is 5.13. The van der Waals surface area contributed by atoms with E-state index >= 15 is 0 Å². The molecule has 5 rings (SSSR count). The molecular weight excluding hydrogens is 469 g/mol. The molecular formula is C26H23F3N6O. The molecule has 1 aromatic carbocycles. The maximum atomic E-state index is 12.4. The van der Waals surface area contributed by atoms with Crippen molar-refractivity contribution in [1.29, 1.82) is 0 Å². The van der Waals surface area contributed by atoms with Gasteiger partial charge in [0.05, 0.1) is 5.69 Å². The van der Waals surface area contributed by atoms with Crippen LogP contribution in [0.5, 0.6) is 5.75 Å². The van der Waals surface area contributed by atoms with Gasteiger partial charge in [-0.3, -0.25) is 4.98 Å². The van der Waals surface area contributed by atoms with Gasteiger partial charge in [-0.15, -0.1) is 13.2 Å². The number of anilines is 2. The normalized spacial score (nSPS) is 14.1. The van der Waals surface area contributed by atoms with Gasteiger partial charge >= 0.3 is 6.36 Å². The van der Waals surface area contributed by atoms with E-state index in [-0.39, 0.29) is 5.75 Å². The van der Waals surface area contributed by atoms with E-state index in [1.807, 2.05) is 37.3 Å². The number of aryl methyl sites for hydroxylation is 1. The second-order valence-corrected chi connectivity index (χ2v) is 8.36. The molecule has 0 N–H and O–H groups in total. The highest BCUT2D eigenvalue weighted by molar-refractivity contribution is 5.71. The van der Waals surface area contributed by atoms with Crippen molar-refractivity contribution in [3.8, 4) is 28.1 Å². The van der Waals surface area contributed by atoms with Crippen LogP contribution in [0, 0.1) is 6.92 Å². The van der Waals surface area contributed by atoms with E-state index < -0.39 is 6.36 Å². The third kappa shape index (κ3) is 5.54. The lowest BCUT2D eigenvalue weighted by atomic mass is 10.0. The van der Waals surface area contributed by atoms with Crippen LogP contribution in [0.3, 0.4) is 0 Å². The van der Waals surface area contributed by atoms with Crippen LogP contribution in [0.4, 0.5) is 24.8 Å². The molecule has 10 heteroatoms. The van der Waals surface area contributed by atoms with E-state index in [0.29, 0.717) is 5.82 Å². The maximum absolute atomic E-state index is 12.4. The van der Waals surface area contributed by atoms with Gasteiger partial charge in [-0.05, 0) is 42.8 Å². The number of ether oxygens (including phenoxy) is 1. The standard InChI is InChI=1S/C26H23F3N6O/c1-18-32-23(15-25(33-18)35-12-10-34(11-13-35)24-4-2-3-9-31-24)21-14-20(16-30-17-21)19-5-7-22(8-6-19)36-26(27,28)29/h2-9,14-17H,10-13H2,1H3. The largest absolute Gasteiger partial charge is 0.573 e. The molecule has 0 saturated carbocycles. The van der Waals surface area contributed by atoms with Crippen LogP contribution in [0.25, 0.3) is 22.4 Å². The van der Waals surface area contributed by atoms with Crippen molar-refractivity contribution in [2.75, 3.05) is 36.0 Å². The third-order valence-electron chi connectivity index (χ3n) is 5.86. The molecule has 4 aromatic rings. The highest BCUT2D eigenvalue weighted by Crippen LogP contribution is 2.29. The summed E-state index contributed by atoms with van der Waals surface area (Å²) in [5.41, 5.74) is 3.00. The molecule has 0 unspecified atom stereocenters. The van der Waals surface area contributed by atoms with Crippen molar-refractivity contribution >= 4 is 11.6 Å². The van der Waals surface area contributed by atoms with Crippen molar-refractivity contribution in [3.63, 3.8) is 0 Å². The van der Waals surface area contributed by atoms with E-state index in [4.69, 9.17) is 0 Å².